The van der Waals surface area contributed by atoms with Gasteiger partial charge in [0.1, 0.15) is 0 Å². The average molecular weight is 260 g/mol. The zero-order valence-electron chi connectivity index (χ0n) is 12.8. The summed E-state index contributed by atoms with van der Waals surface area (Å²) in [6.07, 6.45) is 1.42. The SMILES string of the molecule is CNCC(C)c1ccc(CN(C)CC2CC2C)cc1. The average Bonchev–Trinajstić information content (AvgIpc) is 3.05. The van der Waals surface area contributed by atoms with Crippen molar-refractivity contribution in [2.45, 2.75) is 32.7 Å². The van der Waals surface area contributed by atoms with Crippen LogP contribution in [0.5, 0.6) is 0 Å². The van der Waals surface area contributed by atoms with Crippen molar-refractivity contribution in [1.29, 1.82) is 0 Å². The Morgan fingerprint density at radius 1 is 1.32 bits per heavy atom. The quantitative estimate of drug-likeness (QED) is 0.810. The number of hydrogen-bond donors (Lipinski definition) is 1. The van der Waals surface area contributed by atoms with E-state index in [1.165, 1.54) is 24.1 Å². The molecule has 0 aliphatic heterocycles. The number of rotatable bonds is 7. The van der Waals surface area contributed by atoms with Crippen LogP contribution in [0.15, 0.2) is 24.3 Å². The highest BCUT2D eigenvalue weighted by Gasteiger charge is 2.32. The molecule has 1 aliphatic rings. The molecule has 0 spiro atoms. The molecule has 0 radical (unpaired) electrons. The summed E-state index contributed by atoms with van der Waals surface area (Å²) in [6, 6.07) is 9.14. The van der Waals surface area contributed by atoms with Crippen LogP contribution in [-0.2, 0) is 6.54 Å². The second-order valence-electron chi connectivity index (χ2n) is 6.37. The van der Waals surface area contributed by atoms with E-state index >= 15 is 0 Å². The molecule has 0 heterocycles. The van der Waals surface area contributed by atoms with E-state index in [1.54, 1.807) is 0 Å². The second kappa shape index (κ2) is 6.53. The highest BCUT2D eigenvalue weighted by molar-refractivity contribution is 5.25. The van der Waals surface area contributed by atoms with E-state index in [0.717, 1.165) is 24.9 Å². The number of likely N-dealkylation sites (N-methyl/N-ethyl adjacent to an activating group) is 1. The maximum atomic E-state index is 3.24. The smallest absolute Gasteiger partial charge is 0.0230 e. The molecule has 1 fully saturated rings. The zero-order chi connectivity index (χ0) is 13.8. The summed E-state index contributed by atoms with van der Waals surface area (Å²) in [7, 11) is 4.25. The third-order valence-electron chi connectivity index (χ3n) is 4.33. The standard InChI is InChI=1S/C17H28N2/c1-13-9-17(13)12-19(4)11-15-5-7-16(8-6-15)14(2)10-18-3/h5-8,13-14,17-18H,9-12H2,1-4H3. The fourth-order valence-electron chi connectivity index (χ4n) is 2.81. The molecule has 2 rings (SSSR count). The first-order valence-corrected chi connectivity index (χ1v) is 7.52. The summed E-state index contributed by atoms with van der Waals surface area (Å²) < 4.78 is 0. The fraction of sp³-hybridized carbons (Fsp3) is 0.647. The lowest BCUT2D eigenvalue weighted by atomic mass is 10.00. The molecule has 1 aliphatic carbocycles. The van der Waals surface area contributed by atoms with Gasteiger partial charge in [0.2, 0.25) is 0 Å². The van der Waals surface area contributed by atoms with Gasteiger partial charge in [-0.05, 0) is 49.4 Å². The largest absolute Gasteiger partial charge is 0.319 e. The lowest BCUT2D eigenvalue weighted by molar-refractivity contribution is 0.307. The predicted octanol–water partition coefficient (Wildman–Crippen LogP) is 3.10. The highest BCUT2D eigenvalue weighted by atomic mass is 15.1. The molecule has 1 aromatic rings. The van der Waals surface area contributed by atoms with Crippen LogP contribution in [-0.4, -0.2) is 32.1 Å². The van der Waals surface area contributed by atoms with Crippen molar-refractivity contribution < 1.29 is 0 Å². The molecule has 1 N–H and O–H groups in total. The maximum Gasteiger partial charge on any atom is 0.0230 e. The molecule has 0 saturated heterocycles. The molecule has 0 amide bonds. The molecular weight excluding hydrogens is 232 g/mol. The summed E-state index contributed by atoms with van der Waals surface area (Å²) in [5.41, 5.74) is 2.85. The van der Waals surface area contributed by atoms with Gasteiger partial charge in [0.05, 0.1) is 0 Å². The summed E-state index contributed by atoms with van der Waals surface area (Å²) in [6.45, 7) is 7.99. The topological polar surface area (TPSA) is 15.3 Å². The van der Waals surface area contributed by atoms with E-state index in [-0.39, 0.29) is 0 Å². The van der Waals surface area contributed by atoms with Crippen LogP contribution in [0.1, 0.15) is 37.3 Å². The van der Waals surface area contributed by atoms with E-state index in [4.69, 9.17) is 0 Å². The Labute approximate surface area is 118 Å². The number of hydrogen-bond acceptors (Lipinski definition) is 2. The Hall–Kier alpha value is -0.860. The van der Waals surface area contributed by atoms with Crippen molar-refractivity contribution in [2.24, 2.45) is 11.8 Å². The van der Waals surface area contributed by atoms with Crippen LogP contribution in [0.25, 0.3) is 0 Å². The van der Waals surface area contributed by atoms with Crippen molar-refractivity contribution in [2.75, 3.05) is 27.2 Å². The van der Waals surface area contributed by atoms with Crippen LogP contribution in [0, 0.1) is 11.8 Å². The molecule has 2 nitrogen and oxygen atoms in total. The molecule has 106 valence electrons. The minimum Gasteiger partial charge on any atom is -0.319 e. The minimum absolute atomic E-state index is 0.587. The summed E-state index contributed by atoms with van der Waals surface area (Å²) in [5.74, 6) is 2.48. The van der Waals surface area contributed by atoms with Crippen LogP contribution < -0.4 is 5.32 Å². The third kappa shape index (κ3) is 4.32. The summed E-state index contributed by atoms with van der Waals surface area (Å²) in [5, 5.41) is 3.24. The van der Waals surface area contributed by atoms with Gasteiger partial charge in [-0.3, -0.25) is 0 Å². The first-order valence-electron chi connectivity index (χ1n) is 7.52. The molecule has 3 atom stereocenters. The molecule has 3 unspecified atom stereocenters. The molecule has 1 aromatic carbocycles. The monoisotopic (exact) mass is 260 g/mol. The lowest BCUT2D eigenvalue weighted by Gasteiger charge is -2.17. The normalized spacial score (nSPS) is 23.6. The van der Waals surface area contributed by atoms with Crippen LogP contribution >= 0.6 is 0 Å². The Morgan fingerprint density at radius 2 is 1.95 bits per heavy atom. The fourth-order valence-corrected chi connectivity index (χ4v) is 2.81. The van der Waals surface area contributed by atoms with E-state index < -0.39 is 0 Å². The lowest BCUT2D eigenvalue weighted by Crippen LogP contribution is -2.21. The molecule has 0 bridgehead atoms. The number of nitrogens with one attached hydrogen (secondary N) is 1. The first kappa shape index (κ1) is 14.5. The molecule has 19 heavy (non-hydrogen) atoms. The second-order valence-corrected chi connectivity index (χ2v) is 6.37. The molecular formula is C17H28N2. The van der Waals surface area contributed by atoms with Crippen molar-refractivity contribution >= 4 is 0 Å². The van der Waals surface area contributed by atoms with Gasteiger partial charge in [-0.15, -0.1) is 0 Å². The Kier molecular flexibility index (Phi) is 5.00. The van der Waals surface area contributed by atoms with Gasteiger partial charge >= 0.3 is 0 Å². The van der Waals surface area contributed by atoms with Gasteiger partial charge in [0.25, 0.3) is 0 Å². The maximum absolute atomic E-state index is 3.24. The first-order chi connectivity index (χ1) is 9.10. The van der Waals surface area contributed by atoms with Crippen molar-refractivity contribution in [1.82, 2.24) is 10.2 Å². The van der Waals surface area contributed by atoms with Crippen molar-refractivity contribution in [3.63, 3.8) is 0 Å². The highest BCUT2D eigenvalue weighted by Crippen LogP contribution is 2.38. The van der Waals surface area contributed by atoms with E-state index in [0.29, 0.717) is 5.92 Å². The van der Waals surface area contributed by atoms with E-state index in [1.807, 2.05) is 7.05 Å². The van der Waals surface area contributed by atoms with Crippen LogP contribution in [0.4, 0.5) is 0 Å². The van der Waals surface area contributed by atoms with Gasteiger partial charge in [0.15, 0.2) is 0 Å². The number of benzene rings is 1. The van der Waals surface area contributed by atoms with Crippen molar-refractivity contribution in [3.8, 4) is 0 Å². The van der Waals surface area contributed by atoms with Gasteiger partial charge in [-0.2, -0.15) is 0 Å². The van der Waals surface area contributed by atoms with Gasteiger partial charge < -0.3 is 10.2 Å². The van der Waals surface area contributed by atoms with E-state index in [2.05, 4.69) is 55.4 Å². The minimum atomic E-state index is 0.587. The Morgan fingerprint density at radius 3 is 2.47 bits per heavy atom. The molecule has 2 heteroatoms. The molecule has 0 aromatic heterocycles. The zero-order valence-corrected chi connectivity index (χ0v) is 12.8. The predicted molar refractivity (Wildman–Crippen MR) is 82.4 cm³/mol. The summed E-state index contributed by atoms with van der Waals surface area (Å²) >= 11 is 0. The van der Waals surface area contributed by atoms with Gasteiger partial charge in [0, 0.05) is 19.6 Å². The Balaban J connectivity index is 1.84. The Bertz CT molecular complexity index is 385. The number of nitrogens with zero attached hydrogens (tertiary/aromatic N) is 1. The third-order valence-corrected chi connectivity index (χ3v) is 4.33. The van der Waals surface area contributed by atoms with Crippen LogP contribution in [0.3, 0.4) is 0 Å². The van der Waals surface area contributed by atoms with Crippen LogP contribution in [0.2, 0.25) is 0 Å². The molecule has 1 saturated carbocycles. The van der Waals surface area contributed by atoms with E-state index in [9.17, 15) is 0 Å². The van der Waals surface area contributed by atoms with Gasteiger partial charge in [-0.25, -0.2) is 0 Å². The summed E-state index contributed by atoms with van der Waals surface area (Å²) in [4.78, 5) is 2.46. The van der Waals surface area contributed by atoms with Crippen molar-refractivity contribution in [3.05, 3.63) is 35.4 Å². The van der Waals surface area contributed by atoms with Gasteiger partial charge in [-0.1, -0.05) is 38.1 Å².